The van der Waals surface area contributed by atoms with E-state index in [0.29, 0.717) is 23.3 Å². The monoisotopic (exact) mass is 289 g/mol. The number of aromatic nitrogens is 2. The Morgan fingerprint density at radius 2 is 1.86 bits per heavy atom. The highest BCUT2D eigenvalue weighted by Gasteiger charge is 2.21. The Morgan fingerprint density at radius 3 is 2.57 bits per heavy atom. The van der Waals surface area contributed by atoms with E-state index in [2.05, 4.69) is 15.5 Å². The molecule has 2 aromatic rings. The molecular weight excluding hydrogens is 270 g/mol. The molecule has 0 saturated carbocycles. The highest BCUT2D eigenvalue weighted by molar-refractivity contribution is 5.59. The van der Waals surface area contributed by atoms with Gasteiger partial charge in [-0.05, 0) is 44.1 Å². The summed E-state index contributed by atoms with van der Waals surface area (Å²) in [5, 5.41) is 11.7. The molecule has 1 saturated heterocycles. The predicted octanol–water partition coefficient (Wildman–Crippen LogP) is 2.22. The zero-order valence-electron chi connectivity index (χ0n) is 12.3. The number of benzene rings is 1. The van der Waals surface area contributed by atoms with E-state index in [1.165, 1.54) is 0 Å². The average molecular weight is 289 g/mol. The van der Waals surface area contributed by atoms with Gasteiger partial charge < -0.3 is 19.2 Å². The van der Waals surface area contributed by atoms with Gasteiger partial charge in [0.2, 0.25) is 11.8 Å². The van der Waals surface area contributed by atoms with E-state index in [4.69, 9.17) is 13.9 Å². The third-order valence-electron chi connectivity index (χ3n) is 3.76. The molecule has 6 nitrogen and oxygen atoms in total. The largest absolute Gasteiger partial charge is 0.493 e. The van der Waals surface area contributed by atoms with E-state index >= 15 is 0 Å². The molecule has 0 amide bonds. The van der Waals surface area contributed by atoms with Crippen molar-refractivity contribution in [1.29, 1.82) is 0 Å². The smallest absolute Gasteiger partial charge is 0.247 e. The molecule has 0 atom stereocenters. The van der Waals surface area contributed by atoms with Crippen LogP contribution in [0, 0.1) is 0 Å². The zero-order chi connectivity index (χ0) is 14.7. The predicted molar refractivity (Wildman–Crippen MR) is 77.7 cm³/mol. The number of rotatable bonds is 4. The van der Waals surface area contributed by atoms with Gasteiger partial charge in [0.05, 0.1) is 14.2 Å². The van der Waals surface area contributed by atoms with Crippen molar-refractivity contribution in [2.45, 2.75) is 18.8 Å². The van der Waals surface area contributed by atoms with Crippen LogP contribution in [0.3, 0.4) is 0 Å². The Hall–Kier alpha value is -2.08. The van der Waals surface area contributed by atoms with Crippen molar-refractivity contribution < 1.29 is 13.9 Å². The van der Waals surface area contributed by atoms with Gasteiger partial charge in [0.1, 0.15) is 0 Å². The number of methoxy groups -OCH3 is 2. The number of nitrogens with one attached hydrogen (secondary N) is 1. The maximum absolute atomic E-state index is 5.84. The standard InChI is InChI=1S/C15H19N3O3/c1-19-12-4-3-11(9-13(12)20-2)15-18-17-14(21-15)10-5-7-16-8-6-10/h3-4,9-10,16H,5-8H2,1-2H3. The van der Waals surface area contributed by atoms with Crippen molar-refractivity contribution in [2.24, 2.45) is 0 Å². The fourth-order valence-corrected chi connectivity index (χ4v) is 2.55. The Kier molecular flexibility index (Phi) is 4.06. The van der Waals surface area contributed by atoms with Gasteiger partial charge in [-0.2, -0.15) is 0 Å². The van der Waals surface area contributed by atoms with Gasteiger partial charge in [-0.1, -0.05) is 0 Å². The first kappa shape index (κ1) is 13.9. The summed E-state index contributed by atoms with van der Waals surface area (Å²) in [4.78, 5) is 0. The minimum Gasteiger partial charge on any atom is -0.493 e. The maximum Gasteiger partial charge on any atom is 0.247 e. The second kappa shape index (κ2) is 6.13. The van der Waals surface area contributed by atoms with Gasteiger partial charge in [0.15, 0.2) is 11.5 Å². The molecule has 1 aromatic carbocycles. The van der Waals surface area contributed by atoms with Gasteiger partial charge in [0.25, 0.3) is 0 Å². The first-order valence-electron chi connectivity index (χ1n) is 7.08. The molecule has 0 unspecified atom stereocenters. The zero-order valence-corrected chi connectivity index (χ0v) is 12.3. The SMILES string of the molecule is COc1ccc(-c2nnc(C3CCNCC3)o2)cc1OC. The van der Waals surface area contributed by atoms with Crippen molar-refractivity contribution in [3.8, 4) is 23.0 Å². The van der Waals surface area contributed by atoms with Crippen LogP contribution in [0.2, 0.25) is 0 Å². The minimum absolute atomic E-state index is 0.354. The summed E-state index contributed by atoms with van der Waals surface area (Å²) in [6.45, 7) is 2.00. The quantitative estimate of drug-likeness (QED) is 0.930. The van der Waals surface area contributed by atoms with Crippen LogP contribution < -0.4 is 14.8 Å². The molecule has 0 spiro atoms. The lowest BCUT2D eigenvalue weighted by atomic mass is 9.98. The molecule has 3 rings (SSSR count). The molecule has 1 fully saturated rings. The van der Waals surface area contributed by atoms with Crippen molar-refractivity contribution in [1.82, 2.24) is 15.5 Å². The molecule has 21 heavy (non-hydrogen) atoms. The number of hydrogen-bond acceptors (Lipinski definition) is 6. The average Bonchev–Trinajstić information content (AvgIpc) is 3.05. The molecule has 2 heterocycles. The van der Waals surface area contributed by atoms with Crippen LogP contribution >= 0.6 is 0 Å². The molecule has 0 aliphatic carbocycles. The summed E-state index contributed by atoms with van der Waals surface area (Å²) < 4.78 is 16.4. The lowest BCUT2D eigenvalue weighted by Crippen LogP contribution is -2.26. The normalized spacial score (nSPS) is 15.9. The van der Waals surface area contributed by atoms with E-state index in [9.17, 15) is 0 Å². The molecular formula is C15H19N3O3. The second-order valence-electron chi connectivity index (χ2n) is 5.04. The molecule has 112 valence electrons. The lowest BCUT2D eigenvalue weighted by molar-refractivity contribution is 0.354. The van der Waals surface area contributed by atoms with Crippen LogP contribution in [0.1, 0.15) is 24.7 Å². The van der Waals surface area contributed by atoms with Crippen LogP contribution in [0.5, 0.6) is 11.5 Å². The lowest BCUT2D eigenvalue weighted by Gasteiger charge is -2.18. The van der Waals surface area contributed by atoms with E-state index < -0.39 is 0 Å². The van der Waals surface area contributed by atoms with Crippen LogP contribution in [0.4, 0.5) is 0 Å². The topological polar surface area (TPSA) is 69.4 Å². The summed E-state index contributed by atoms with van der Waals surface area (Å²) in [7, 11) is 3.22. The minimum atomic E-state index is 0.354. The van der Waals surface area contributed by atoms with Crippen molar-refractivity contribution in [3.05, 3.63) is 24.1 Å². The van der Waals surface area contributed by atoms with E-state index in [0.717, 1.165) is 37.4 Å². The summed E-state index contributed by atoms with van der Waals surface area (Å²) in [5.41, 5.74) is 0.834. The third kappa shape index (κ3) is 2.85. The Morgan fingerprint density at radius 1 is 1.10 bits per heavy atom. The first-order chi connectivity index (χ1) is 10.3. The highest BCUT2D eigenvalue weighted by atomic mass is 16.5. The summed E-state index contributed by atoms with van der Waals surface area (Å²) in [5.74, 6) is 2.93. The molecule has 0 bridgehead atoms. The Bertz CT molecular complexity index is 606. The molecule has 1 aliphatic heterocycles. The number of piperidine rings is 1. The molecule has 1 aliphatic rings. The van der Waals surface area contributed by atoms with Gasteiger partial charge >= 0.3 is 0 Å². The van der Waals surface area contributed by atoms with Crippen LogP contribution in [0.25, 0.3) is 11.5 Å². The fourth-order valence-electron chi connectivity index (χ4n) is 2.55. The van der Waals surface area contributed by atoms with Crippen molar-refractivity contribution in [3.63, 3.8) is 0 Å². The molecule has 1 N–H and O–H groups in total. The first-order valence-corrected chi connectivity index (χ1v) is 7.08. The maximum atomic E-state index is 5.84. The van der Waals surface area contributed by atoms with Gasteiger partial charge in [0, 0.05) is 11.5 Å². The van der Waals surface area contributed by atoms with Crippen molar-refractivity contribution in [2.75, 3.05) is 27.3 Å². The fraction of sp³-hybridized carbons (Fsp3) is 0.467. The number of nitrogens with zero attached hydrogens (tertiary/aromatic N) is 2. The second-order valence-corrected chi connectivity index (χ2v) is 5.04. The Labute approximate surface area is 123 Å². The van der Waals surface area contributed by atoms with Crippen LogP contribution in [-0.2, 0) is 0 Å². The molecule has 1 aromatic heterocycles. The van der Waals surface area contributed by atoms with Crippen LogP contribution in [-0.4, -0.2) is 37.5 Å². The summed E-state index contributed by atoms with van der Waals surface area (Å²) >= 11 is 0. The van der Waals surface area contributed by atoms with Crippen molar-refractivity contribution >= 4 is 0 Å². The van der Waals surface area contributed by atoms with Gasteiger partial charge in [-0.15, -0.1) is 10.2 Å². The molecule has 0 radical (unpaired) electrons. The van der Waals surface area contributed by atoms with E-state index in [1.54, 1.807) is 14.2 Å². The highest BCUT2D eigenvalue weighted by Crippen LogP contribution is 2.33. The van der Waals surface area contributed by atoms with E-state index in [-0.39, 0.29) is 0 Å². The third-order valence-corrected chi connectivity index (χ3v) is 3.76. The van der Waals surface area contributed by atoms with Crippen LogP contribution in [0.15, 0.2) is 22.6 Å². The summed E-state index contributed by atoms with van der Waals surface area (Å²) in [6, 6.07) is 5.57. The summed E-state index contributed by atoms with van der Waals surface area (Å²) in [6.07, 6.45) is 2.07. The van der Waals surface area contributed by atoms with E-state index in [1.807, 2.05) is 18.2 Å². The number of hydrogen-bond donors (Lipinski definition) is 1. The molecule has 6 heteroatoms. The van der Waals surface area contributed by atoms with Gasteiger partial charge in [-0.25, -0.2) is 0 Å². The number of ether oxygens (including phenoxy) is 2. The van der Waals surface area contributed by atoms with Gasteiger partial charge in [-0.3, -0.25) is 0 Å². The Balaban J connectivity index is 1.85.